The molecule has 2 aromatic rings. The number of amides is 2. The monoisotopic (exact) mass is 356 g/mol. The van der Waals surface area contributed by atoms with Gasteiger partial charge in [0.15, 0.2) is 0 Å². The lowest BCUT2D eigenvalue weighted by Gasteiger charge is -2.22. The maximum absolute atomic E-state index is 14.5. The van der Waals surface area contributed by atoms with Gasteiger partial charge in [-0.25, -0.2) is 4.39 Å². The highest BCUT2D eigenvalue weighted by Crippen LogP contribution is 2.30. The van der Waals surface area contributed by atoms with Crippen LogP contribution in [-0.4, -0.2) is 35.0 Å². The molecule has 0 radical (unpaired) electrons. The summed E-state index contributed by atoms with van der Waals surface area (Å²) in [6.07, 6.45) is 0.799. The Labute approximate surface area is 149 Å². The van der Waals surface area contributed by atoms with Crippen LogP contribution >= 0.6 is 0 Å². The van der Waals surface area contributed by atoms with Crippen molar-refractivity contribution in [3.8, 4) is 11.5 Å². The molecule has 134 valence electrons. The average molecular weight is 356 g/mol. The Balaban J connectivity index is 1.63. The molecule has 0 aromatic heterocycles. The molecule has 0 bridgehead atoms. The molecular formula is C19H17FN2O4. The van der Waals surface area contributed by atoms with Crippen LogP contribution in [0.5, 0.6) is 11.5 Å². The molecule has 2 aromatic carbocycles. The van der Waals surface area contributed by atoms with Crippen LogP contribution in [0.4, 0.5) is 10.1 Å². The number of rotatable bonds is 1. The molecule has 0 fully saturated rings. The predicted molar refractivity (Wildman–Crippen MR) is 91.7 cm³/mol. The van der Waals surface area contributed by atoms with Crippen LogP contribution in [-0.2, 0) is 17.8 Å². The lowest BCUT2D eigenvalue weighted by Crippen LogP contribution is -2.33. The molecule has 0 unspecified atom stereocenters. The van der Waals surface area contributed by atoms with Gasteiger partial charge in [0.25, 0.3) is 5.91 Å². The number of carbonyl (C=O) groups excluding carboxylic acids is 2. The Morgan fingerprint density at radius 2 is 2.04 bits per heavy atom. The van der Waals surface area contributed by atoms with E-state index in [4.69, 9.17) is 4.74 Å². The van der Waals surface area contributed by atoms with Crippen molar-refractivity contribution >= 4 is 17.5 Å². The minimum Gasteiger partial charge on any atom is -0.508 e. The smallest absolute Gasteiger partial charge is 0.257 e. The number of hydrogen-bond donors (Lipinski definition) is 2. The van der Waals surface area contributed by atoms with E-state index in [1.165, 1.54) is 29.2 Å². The minimum absolute atomic E-state index is 0.0119. The van der Waals surface area contributed by atoms with E-state index in [0.29, 0.717) is 30.8 Å². The molecule has 2 amide bonds. The fraction of sp³-hybridized carbons (Fsp3) is 0.263. The van der Waals surface area contributed by atoms with Crippen molar-refractivity contribution in [2.75, 3.05) is 18.5 Å². The molecule has 2 heterocycles. The zero-order valence-corrected chi connectivity index (χ0v) is 13.9. The predicted octanol–water partition coefficient (Wildman–Crippen LogP) is 2.45. The minimum atomic E-state index is -0.660. The molecule has 0 saturated carbocycles. The molecular weight excluding hydrogens is 339 g/mol. The number of hydrogen-bond acceptors (Lipinski definition) is 4. The molecule has 6 nitrogen and oxygen atoms in total. The third kappa shape index (κ3) is 2.96. The van der Waals surface area contributed by atoms with E-state index in [0.717, 1.165) is 11.1 Å². The number of phenols is 1. The lowest BCUT2D eigenvalue weighted by atomic mass is 9.99. The summed E-state index contributed by atoms with van der Waals surface area (Å²) in [4.78, 5) is 25.9. The van der Waals surface area contributed by atoms with Crippen molar-refractivity contribution < 1.29 is 23.8 Å². The number of anilines is 1. The van der Waals surface area contributed by atoms with E-state index in [-0.39, 0.29) is 30.4 Å². The van der Waals surface area contributed by atoms with E-state index >= 15 is 0 Å². The maximum Gasteiger partial charge on any atom is 0.257 e. The second-order valence-electron chi connectivity index (χ2n) is 6.40. The fourth-order valence-corrected chi connectivity index (χ4v) is 3.27. The van der Waals surface area contributed by atoms with Crippen LogP contribution in [0.1, 0.15) is 27.9 Å². The second kappa shape index (κ2) is 6.33. The zero-order valence-electron chi connectivity index (χ0n) is 13.9. The first-order valence-corrected chi connectivity index (χ1v) is 8.37. The van der Waals surface area contributed by atoms with Crippen molar-refractivity contribution in [2.24, 2.45) is 0 Å². The SMILES string of the molecule is O=C1CCc2cc(C(=O)N3CCOc4cc(O)ccc4C3)c(F)cc2N1. The Morgan fingerprint density at radius 3 is 2.88 bits per heavy atom. The normalized spacial score (nSPS) is 16.0. The molecule has 2 aliphatic rings. The molecule has 7 heteroatoms. The zero-order chi connectivity index (χ0) is 18.3. The van der Waals surface area contributed by atoms with Crippen molar-refractivity contribution in [2.45, 2.75) is 19.4 Å². The fourth-order valence-electron chi connectivity index (χ4n) is 3.27. The van der Waals surface area contributed by atoms with Crippen LogP contribution in [0, 0.1) is 5.82 Å². The molecule has 4 rings (SSSR count). The number of aryl methyl sites for hydroxylation is 1. The van der Waals surface area contributed by atoms with Crippen LogP contribution in [0.25, 0.3) is 0 Å². The number of fused-ring (bicyclic) bond motifs is 2. The van der Waals surface area contributed by atoms with Crippen LogP contribution in [0.2, 0.25) is 0 Å². The van der Waals surface area contributed by atoms with Gasteiger partial charge in [0.2, 0.25) is 5.91 Å². The summed E-state index contributed by atoms with van der Waals surface area (Å²) in [6.45, 7) is 0.827. The third-order valence-corrected chi connectivity index (χ3v) is 4.64. The summed E-state index contributed by atoms with van der Waals surface area (Å²) in [5, 5.41) is 12.2. The molecule has 2 N–H and O–H groups in total. The summed E-state index contributed by atoms with van der Waals surface area (Å²) in [6, 6.07) is 7.45. The summed E-state index contributed by atoms with van der Waals surface area (Å²) >= 11 is 0. The van der Waals surface area contributed by atoms with Gasteiger partial charge in [0.1, 0.15) is 23.9 Å². The largest absolute Gasteiger partial charge is 0.508 e. The van der Waals surface area contributed by atoms with Gasteiger partial charge in [-0.05, 0) is 36.2 Å². The van der Waals surface area contributed by atoms with Crippen molar-refractivity contribution in [1.29, 1.82) is 0 Å². The molecule has 0 aliphatic carbocycles. The van der Waals surface area contributed by atoms with Gasteiger partial charge in [0, 0.05) is 30.3 Å². The van der Waals surface area contributed by atoms with Crippen LogP contribution in [0.15, 0.2) is 30.3 Å². The van der Waals surface area contributed by atoms with E-state index in [9.17, 15) is 19.1 Å². The summed E-state index contributed by atoms with van der Waals surface area (Å²) in [7, 11) is 0. The Kier molecular flexibility index (Phi) is 3.99. The number of nitrogens with one attached hydrogen (secondary N) is 1. The van der Waals surface area contributed by atoms with Crippen molar-refractivity contribution in [3.63, 3.8) is 0 Å². The Bertz CT molecular complexity index is 913. The highest BCUT2D eigenvalue weighted by atomic mass is 19.1. The van der Waals surface area contributed by atoms with Gasteiger partial charge >= 0.3 is 0 Å². The molecule has 26 heavy (non-hydrogen) atoms. The third-order valence-electron chi connectivity index (χ3n) is 4.64. The first-order valence-electron chi connectivity index (χ1n) is 8.37. The highest BCUT2D eigenvalue weighted by molar-refractivity contribution is 5.98. The highest BCUT2D eigenvalue weighted by Gasteiger charge is 2.26. The van der Waals surface area contributed by atoms with Gasteiger partial charge in [-0.2, -0.15) is 0 Å². The van der Waals surface area contributed by atoms with E-state index in [1.54, 1.807) is 6.07 Å². The number of halogens is 1. The lowest BCUT2D eigenvalue weighted by molar-refractivity contribution is -0.116. The number of phenolic OH excluding ortho intramolecular Hbond substituents is 1. The number of nitrogens with zero attached hydrogens (tertiary/aromatic N) is 1. The van der Waals surface area contributed by atoms with Crippen LogP contribution < -0.4 is 10.1 Å². The maximum atomic E-state index is 14.5. The number of aromatic hydroxyl groups is 1. The van der Waals surface area contributed by atoms with E-state index in [1.807, 2.05) is 0 Å². The Hall–Kier alpha value is -3.09. The number of benzene rings is 2. The summed E-state index contributed by atoms with van der Waals surface area (Å²) < 4.78 is 20.1. The molecule has 0 atom stereocenters. The molecule has 0 spiro atoms. The van der Waals surface area contributed by atoms with Gasteiger partial charge < -0.3 is 20.1 Å². The first kappa shape index (κ1) is 16.4. The topological polar surface area (TPSA) is 78.9 Å². The van der Waals surface area contributed by atoms with Crippen molar-refractivity contribution in [3.05, 3.63) is 52.8 Å². The van der Waals surface area contributed by atoms with Gasteiger partial charge in [-0.1, -0.05) is 0 Å². The number of carbonyl (C=O) groups is 2. The summed E-state index contributed by atoms with van der Waals surface area (Å²) in [5.41, 5.74) is 1.92. The first-order chi connectivity index (χ1) is 12.5. The second-order valence-corrected chi connectivity index (χ2v) is 6.40. The standard InChI is InChI=1S/C19H17FN2O4/c20-15-9-16-11(2-4-18(24)21-16)7-14(15)19(25)22-5-6-26-17-8-13(23)3-1-12(17)10-22/h1,3,7-9,23H,2,4-6,10H2,(H,21,24). The number of ether oxygens (including phenoxy) is 1. The van der Waals surface area contributed by atoms with Crippen molar-refractivity contribution in [1.82, 2.24) is 4.90 Å². The van der Waals surface area contributed by atoms with Crippen LogP contribution in [0.3, 0.4) is 0 Å². The Morgan fingerprint density at radius 1 is 1.19 bits per heavy atom. The summed E-state index contributed by atoms with van der Waals surface area (Å²) in [5.74, 6) is -0.625. The quantitative estimate of drug-likeness (QED) is 0.823. The van der Waals surface area contributed by atoms with E-state index in [2.05, 4.69) is 5.32 Å². The molecule has 0 saturated heterocycles. The van der Waals surface area contributed by atoms with Gasteiger partial charge in [0.05, 0.1) is 12.1 Å². The average Bonchev–Trinajstić information content (AvgIpc) is 2.82. The molecule has 2 aliphatic heterocycles. The van der Waals surface area contributed by atoms with Gasteiger partial charge in [-0.3, -0.25) is 9.59 Å². The van der Waals surface area contributed by atoms with Gasteiger partial charge in [-0.15, -0.1) is 0 Å². The van der Waals surface area contributed by atoms with E-state index < -0.39 is 11.7 Å².